The number of rotatable bonds is 6. The second-order valence-electron chi connectivity index (χ2n) is 9.93. The van der Waals surface area contributed by atoms with Gasteiger partial charge in [-0.3, -0.25) is 9.59 Å². The number of carbonyl (C=O) groups excluding carboxylic acids is 2. The van der Waals surface area contributed by atoms with E-state index in [0.717, 1.165) is 27.9 Å². The molecule has 1 spiro atoms. The quantitative estimate of drug-likeness (QED) is 0.671. The average Bonchev–Trinajstić information content (AvgIpc) is 3.02. The summed E-state index contributed by atoms with van der Waals surface area (Å²) in [4.78, 5) is 33.4. The van der Waals surface area contributed by atoms with Crippen LogP contribution in [0.2, 0.25) is 0 Å². The first kappa shape index (κ1) is 23.5. The molecule has 0 bridgehead atoms. The predicted octanol–water partition coefficient (Wildman–Crippen LogP) is 0.266. The van der Waals surface area contributed by atoms with E-state index in [-0.39, 0.29) is 30.4 Å². The molecule has 2 aliphatic rings. The van der Waals surface area contributed by atoms with Crippen LogP contribution in [-0.2, 0) is 22.1 Å². The molecule has 2 aliphatic heterocycles. The Hall–Kier alpha value is -2.62. The lowest BCUT2D eigenvalue weighted by Gasteiger charge is -2.56. The lowest BCUT2D eigenvalue weighted by atomic mass is 9.68. The zero-order valence-electron chi connectivity index (χ0n) is 20.5. The fraction of sp³-hybridized carbons (Fsp3) is 0.583. The summed E-state index contributed by atoms with van der Waals surface area (Å²) in [6.07, 6.45) is 0. The van der Waals surface area contributed by atoms with Gasteiger partial charge in [-0.1, -0.05) is 0 Å². The molecule has 1 atom stereocenters. The van der Waals surface area contributed by atoms with Crippen LogP contribution in [0.4, 0.5) is 0 Å². The van der Waals surface area contributed by atoms with Gasteiger partial charge in [-0.15, -0.1) is 0 Å². The molecule has 1 aromatic heterocycles. The molecular formula is C24H35N5O4. The van der Waals surface area contributed by atoms with Crippen molar-refractivity contribution in [2.75, 3.05) is 74.6 Å². The number of aliphatic hydroxyl groups excluding tert-OH is 1. The van der Waals surface area contributed by atoms with Crippen molar-refractivity contribution in [3.8, 4) is 5.75 Å². The number of aromatic nitrogens is 1. The first-order valence-corrected chi connectivity index (χ1v) is 11.3. The number of methoxy groups -OCH3 is 1. The Bertz CT molecular complexity index is 1070. The standard InChI is InChI=1S/C24H35N5O4/c1-25(2)10-20(31)28-13-24(14-28)15-29(21(32)11-26(3)4)19(12-30)23-22(24)17-8-7-16(33-6)9-18(17)27(23)5/h7-9,19,30H,10-15H2,1-6H3/t19-/m0/s1. The number of likely N-dealkylation sites (tertiary alicyclic amines) is 1. The van der Waals surface area contributed by atoms with E-state index in [0.29, 0.717) is 26.2 Å². The van der Waals surface area contributed by atoms with Gasteiger partial charge in [0.15, 0.2) is 0 Å². The molecule has 9 nitrogen and oxygen atoms in total. The van der Waals surface area contributed by atoms with Gasteiger partial charge in [0.1, 0.15) is 5.75 Å². The van der Waals surface area contributed by atoms with Gasteiger partial charge in [0.2, 0.25) is 11.8 Å². The molecule has 1 saturated heterocycles. The van der Waals surface area contributed by atoms with Crippen molar-refractivity contribution >= 4 is 22.7 Å². The minimum atomic E-state index is -0.437. The molecule has 2 aromatic rings. The molecule has 180 valence electrons. The van der Waals surface area contributed by atoms with E-state index >= 15 is 0 Å². The highest BCUT2D eigenvalue weighted by Gasteiger charge is 2.55. The molecule has 1 fully saturated rings. The van der Waals surface area contributed by atoms with Crippen LogP contribution in [0.25, 0.3) is 10.9 Å². The van der Waals surface area contributed by atoms with E-state index in [1.807, 2.05) is 67.0 Å². The van der Waals surface area contributed by atoms with Crippen molar-refractivity contribution in [3.05, 3.63) is 29.5 Å². The van der Waals surface area contributed by atoms with Gasteiger partial charge < -0.3 is 34.0 Å². The van der Waals surface area contributed by atoms with Crippen LogP contribution in [0.1, 0.15) is 17.3 Å². The first-order valence-electron chi connectivity index (χ1n) is 11.3. The highest BCUT2D eigenvalue weighted by Crippen LogP contribution is 2.49. The van der Waals surface area contributed by atoms with E-state index in [9.17, 15) is 14.7 Å². The summed E-state index contributed by atoms with van der Waals surface area (Å²) in [5, 5.41) is 11.5. The van der Waals surface area contributed by atoms with Crippen LogP contribution in [0, 0.1) is 0 Å². The zero-order chi connectivity index (χ0) is 24.1. The molecule has 0 radical (unpaired) electrons. The number of carbonyl (C=O) groups is 2. The average molecular weight is 458 g/mol. The molecule has 0 unspecified atom stereocenters. The minimum Gasteiger partial charge on any atom is -0.497 e. The van der Waals surface area contributed by atoms with Crippen molar-refractivity contribution < 1.29 is 19.4 Å². The molecule has 4 rings (SSSR count). The third-order valence-electron chi connectivity index (χ3n) is 6.88. The smallest absolute Gasteiger partial charge is 0.237 e. The summed E-state index contributed by atoms with van der Waals surface area (Å²) in [5.74, 6) is 0.821. The largest absolute Gasteiger partial charge is 0.497 e. The summed E-state index contributed by atoms with van der Waals surface area (Å²) >= 11 is 0. The number of aliphatic hydroxyl groups is 1. The zero-order valence-corrected chi connectivity index (χ0v) is 20.5. The number of likely N-dealkylation sites (N-methyl/N-ethyl adjacent to an activating group) is 2. The topological polar surface area (TPSA) is 81.5 Å². The molecular weight excluding hydrogens is 422 g/mol. The van der Waals surface area contributed by atoms with Gasteiger partial charge in [0.25, 0.3) is 0 Å². The third-order valence-corrected chi connectivity index (χ3v) is 6.88. The number of amides is 2. The SMILES string of the molecule is COc1ccc2c3c(n(C)c2c1)[C@H](CO)N(C(=O)CN(C)C)CC31CN(C(=O)CN(C)C)C1. The van der Waals surface area contributed by atoms with Crippen molar-refractivity contribution in [3.63, 3.8) is 0 Å². The number of benzene rings is 1. The molecule has 3 heterocycles. The highest BCUT2D eigenvalue weighted by molar-refractivity contribution is 5.91. The van der Waals surface area contributed by atoms with Crippen LogP contribution in [0.3, 0.4) is 0 Å². The Kier molecular flexibility index (Phi) is 6.15. The third kappa shape index (κ3) is 3.88. The molecule has 0 saturated carbocycles. The van der Waals surface area contributed by atoms with Crippen molar-refractivity contribution in [1.82, 2.24) is 24.2 Å². The maximum atomic E-state index is 13.3. The molecule has 0 aliphatic carbocycles. The van der Waals surface area contributed by atoms with E-state index in [1.54, 1.807) is 7.11 Å². The molecule has 9 heteroatoms. The first-order chi connectivity index (χ1) is 15.6. The maximum Gasteiger partial charge on any atom is 0.237 e. The van der Waals surface area contributed by atoms with Gasteiger partial charge in [-0.2, -0.15) is 0 Å². The molecule has 2 amide bonds. The van der Waals surface area contributed by atoms with E-state index < -0.39 is 6.04 Å². The summed E-state index contributed by atoms with van der Waals surface area (Å²) in [6, 6.07) is 5.56. The van der Waals surface area contributed by atoms with Crippen LogP contribution >= 0.6 is 0 Å². The second-order valence-corrected chi connectivity index (χ2v) is 9.93. The van der Waals surface area contributed by atoms with Gasteiger partial charge in [0.05, 0.1) is 43.8 Å². The van der Waals surface area contributed by atoms with Gasteiger partial charge in [-0.05, 0) is 45.9 Å². The Balaban J connectivity index is 1.83. The number of nitrogens with zero attached hydrogens (tertiary/aromatic N) is 5. The van der Waals surface area contributed by atoms with E-state index in [2.05, 4.69) is 10.6 Å². The number of hydrogen-bond donors (Lipinski definition) is 1. The van der Waals surface area contributed by atoms with Crippen molar-refractivity contribution in [2.24, 2.45) is 7.05 Å². The normalized spacial score (nSPS) is 19.4. The Morgan fingerprint density at radius 1 is 1.09 bits per heavy atom. The molecule has 1 aromatic carbocycles. The fourth-order valence-electron chi connectivity index (χ4n) is 5.47. The number of fused-ring (bicyclic) bond motifs is 4. The summed E-state index contributed by atoms with van der Waals surface area (Å²) in [6.45, 7) is 2.06. The lowest BCUT2D eigenvalue weighted by molar-refractivity contribution is -0.146. The summed E-state index contributed by atoms with van der Waals surface area (Å²) < 4.78 is 7.53. The Morgan fingerprint density at radius 2 is 1.73 bits per heavy atom. The van der Waals surface area contributed by atoms with Gasteiger partial charge in [0, 0.05) is 43.8 Å². The molecule has 1 N–H and O–H groups in total. The second kappa shape index (κ2) is 8.62. The van der Waals surface area contributed by atoms with Gasteiger partial charge in [-0.25, -0.2) is 0 Å². The number of hydrogen-bond acceptors (Lipinski definition) is 6. The van der Waals surface area contributed by atoms with E-state index in [4.69, 9.17) is 4.74 Å². The predicted molar refractivity (Wildman–Crippen MR) is 126 cm³/mol. The number of ether oxygens (including phenoxy) is 1. The van der Waals surface area contributed by atoms with E-state index in [1.165, 1.54) is 0 Å². The summed E-state index contributed by atoms with van der Waals surface area (Å²) in [5.41, 5.74) is 2.72. The molecule has 33 heavy (non-hydrogen) atoms. The minimum absolute atomic E-state index is 0.0232. The van der Waals surface area contributed by atoms with Crippen LogP contribution in [0.5, 0.6) is 5.75 Å². The number of aryl methyl sites for hydroxylation is 1. The maximum absolute atomic E-state index is 13.3. The lowest BCUT2D eigenvalue weighted by Crippen LogP contribution is -2.69. The van der Waals surface area contributed by atoms with Gasteiger partial charge >= 0.3 is 0 Å². The van der Waals surface area contributed by atoms with Crippen molar-refractivity contribution in [1.29, 1.82) is 0 Å². The van der Waals surface area contributed by atoms with Crippen molar-refractivity contribution in [2.45, 2.75) is 11.5 Å². The Labute approximate surface area is 195 Å². The Morgan fingerprint density at radius 3 is 2.30 bits per heavy atom. The van der Waals surface area contributed by atoms with Crippen LogP contribution < -0.4 is 4.74 Å². The monoisotopic (exact) mass is 457 g/mol. The fourth-order valence-corrected chi connectivity index (χ4v) is 5.47. The summed E-state index contributed by atoms with van der Waals surface area (Å²) in [7, 11) is 11.1. The highest BCUT2D eigenvalue weighted by atomic mass is 16.5. The van der Waals surface area contributed by atoms with Crippen LogP contribution in [-0.4, -0.2) is 116 Å². The van der Waals surface area contributed by atoms with Crippen LogP contribution in [0.15, 0.2) is 18.2 Å².